The number of hydrogen-bond acceptors (Lipinski definition) is 7. The molecule has 0 saturated heterocycles. The van der Waals surface area contributed by atoms with Crippen LogP contribution in [0.15, 0.2) is 23.3 Å². The average molecular weight is 521 g/mol. The molecule has 0 amide bonds. The van der Waals surface area contributed by atoms with Crippen LogP contribution in [0.25, 0.3) is 0 Å². The van der Waals surface area contributed by atoms with E-state index in [9.17, 15) is 30.0 Å². The standard InChI is InChI=1S/C30H48O7/c1-7-8-9-10-11-12-13-14-23(32)37-28(6)17-20(3)29-16-19(2)24(33)30(29,36)25(34)21(18-31)15-22(26(29)35)27(28,4)5/h15-16,20,22,24-25,31,33-34,36H,7-14,17-18H2,1-6H3/t20-,22?,24?,25?,28-,29?,30?/m1/s1. The van der Waals surface area contributed by atoms with Crippen LogP contribution in [0.5, 0.6) is 0 Å². The number of Topliss-reactive ketones (excluding diaryl/α,β-unsaturated/α-hetero) is 1. The Morgan fingerprint density at radius 3 is 2.24 bits per heavy atom. The molecule has 5 unspecified atom stereocenters. The summed E-state index contributed by atoms with van der Waals surface area (Å²) in [5, 5.41) is 44.4. The van der Waals surface area contributed by atoms with Gasteiger partial charge in [0.1, 0.15) is 23.4 Å². The maximum atomic E-state index is 14.4. The molecule has 1 saturated carbocycles. The molecular weight excluding hydrogens is 472 g/mol. The lowest BCUT2D eigenvalue weighted by Gasteiger charge is -2.48. The number of esters is 1. The second-order valence-corrected chi connectivity index (χ2v) is 12.5. The zero-order valence-electron chi connectivity index (χ0n) is 23.5. The molecule has 37 heavy (non-hydrogen) atoms. The van der Waals surface area contributed by atoms with E-state index >= 15 is 0 Å². The van der Waals surface area contributed by atoms with Gasteiger partial charge in [0, 0.05) is 17.8 Å². The molecule has 3 aliphatic carbocycles. The Labute approximate surface area is 222 Å². The van der Waals surface area contributed by atoms with Gasteiger partial charge in [-0.15, -0.1) is 0 Å². The van der Waals surface area contributed by atoms with Gasteiger partial charge in [0.05, 0.1) is 12.0 Å². The minimum atomic E-state index is -2.24. The zero-order valence-corrected chi connectivity index (χ0v) is 23.5. The van der Waals surface area contributed by atoms with Crippen LogP contribution < -0.4 is 0 Å². The van der Waals surface area contributed by atoms with Crippen LogP contribution in [-0.2, 0) is 14.3 Å². The second-order valence-electron chi connectivity index (χ2n) is 12.5. The normalized spacial score (nSPS) is 38.8. The van der Waals surface area contributed by atoms with Gasteiger partial charge in [0.2, 0.25) is 0 Å². The largest absolute Gasteiger partial charge is 0.459 e. The molecule has 1 spiro atoms. The number of aliphatic hydroxyl groups is 4. The van der Waals surface area contributed by atoms with E-state index in [0.29, 0.717) is 12.0 Å². The molecule has 7 atom stereocenters. The number of rotatable bonds is 10. The number of carbonyl (C=O) groups is 2. The van der Waals surface area contributed by atoms with Crippen LogP contribution >= 0.6 is 0 Å². The van der Waals surface area contributed by atoms with E-state index in [-0.39, 0.29) is 23.7 Å². The number of allylic oxidation sites excluding steroid dienone is 1. The molecule has 2 bridgehead atoms. The van der Waals surface area contributed by atoms with Gasteiger partial charge in [-0.05, 0) is 43.8 Å². The number of unbranched alkanes of at least 4 members (excludes halogenated alkanes) is 6. The lowest BCUT2D eigenvalue weighted by molar-refractivity contribution is -0.191. The Balaban J connectivity index is 1.94. The molecule has 0 aromatic carbocycles. The molecule has 4 N–H and O–H groups in total. The first-order chi connectivity index (χ1) is 17.2. The third kappa shape index (κ3) is 4.64. The molecular formula is C30H48O7. The van der Waals surface area contributed by atoms with Crippen molar-refractivity contribution in [1.29, 1.82) is 0 Å². The molecule has 0 aliphatic heterocycles. The van der Waals surface area contributed by atoms with Crippen LogP contribution in [0.4, 0.5) is 0 Å². The van der Waals surface area contributed by atoms with Crippen LogP contribution in [0, 0.1) is 22.7 Å². The highest BCUT2D eigenvalue weighted by atomic mass is 16.6. The Bertz CT molecular complexity index is 936. The molecule has 7 heteroatoms. The van der Waals surface area contributed by atoms with Crippen molar-refractivity contribution in [3.8, 4) is 0 Å². The number of aliphatic hydroxyl groups excluding tert-OH is 3. The lowest BCUT2D eigenvalue weighted by Crippen LogP contribution is -2.65. The summed E-state index contributed by atoms with van der Waals surface area (Å²) in [6, 6.07) is 0. The van der Waals surface area contributed by atoms with Crippen LogP contribution in [0.2, 0.25) is 0 Å². The first-order valence-corrected chi connectivity index (χ1v) is 14.1. The molecule has 0 aromatic rings. The summed E-state index contributed by atoms with van der Waals surface area (Å²) in [5.41, 5.74) is -5.34. The van der Waals surface area contributed by atoms with Crippen molar-refractivity contribution < 1.29 is 34.8 Å². The van der Waals surface area contributed by atoms with Crippen molar-refractivity contribution in [3.05, 3.63) is 23.3 Å². The SMILES string of the molecule is CCCCCCCCCC(=O)O[C@]1(C)C[C@@H](C)C23C=C(C)C(O)C2(O)C(O)C(CO)=CC(C3=O)C1(C)C. The van der Waals surface area contributed by atoms with Gasteiger partial charge >= 0.3 is 5.97 Å². The summed E-state index contributed by atoms with van der Waals surface area (Å²) in [5.74, 6) is -2.08. The second kappa shape index (κ2) is 10.9. The monoisotopic (exact) mass is 520 g/mol. The lowest BCUT2D eigenvalue weighted by atomic mass is 9.59. The van der Waals surface area contributed by atoms with Gasteiger partial charge in [-0.1, -0.05) is 78.4 Å². The van der Waals surface area contributed by atoms with E-state index < -0.39 is 52.7 Å². The van der Waals surface area contributed by atoms with Gasteiger partial charge in [-0.2, -0.15) is 0 Å². The predicted molar refractivity (Wildman–Crippen MR) is 141 cm³/mol. The highest BCUT2D eigenvalue weighted by Gasteiger charge is 2.73. The van der Waals surface area contributed by atoms with E-state index in [1.807, 2.05) is 27.7 Å². The predicted octanol–water partition coefficient (Wildman–Crippen LogP) is 4.01. The van der Waals surface area contributed by atoms with E-state index in [0.717, 1.165) is 19.3 Å². The van der Waals surface area contributed by atoms with Crippen LogP contribution in [-0.4, -0.2) is 62.2 Å². The van der Waals surface area contributed by atoms with Crippen molar-refractivity contribution in [1.82, 2.24) is 0 Å². The third-order valence-electron chi connectivity index (χ3n) is 9.92. The molecule has 3 rings (SSSR count). The molecule has 0 heterocycles. The van der Waals surface area contributed by atoms with E-state index in [1.54, 1.807) is 13.0 Å². The number of ketones is 1. The number of carbonyl (C=O) groups excluding carboxylic acids is 2. The van der Waals surface area contributed by atoms with Gasteiger partial charge in [-0.25, -0.2) is 0 Å². The van der Waals surface area contributed by atoms with Gasteiger partial charge in [0.15, 0.2) is 5.78 Å². The minimum Gasteiger partial charge on any atom is -0.459 e. The molecule has 0 aromatic heterocycles. The highest BCUT2D eigenvalue weighted by Crippen LogP contribution is 2.63. The summed E-state index contributed by atoms with van der Waals surface area (Å²) in [4.78, 5) is 27.4. The summed E-state index contributed by atoms with van der Waals surface area (Å²) in [6.45, 7) is 10.6. The quantitative estimate of drug-likeness (QED) is 0.195. The first kappa shape index (κ1) is 30.0. The van der Waals surface area contributed by atoms with Gasteiger partial charge in [0.25, 0.3) is 0 Å². The molecule has 0 radical (unpaired) electrons. The van der Waals surface area contributed by atoms with Gasteiger partial charge < -0.3 is 25.2 Å². The summed E-state index contributed by atoms with van der Waals surface area (Å²) < 4.78 is 6.20. The molecule has 210 valence electrons. The van der Waals surface area contributed by atoms with Crippen molar-refractivity contribution >= 4 is 11.8 Å². The maximum Gasteiger partial charge on any atom is 0.306 e. The Hall–Kier alpha value is -1.54. The van der Waals surface area contributed by atoms with Crippen molar-refractivity contribution in [2.45, 2.75) is 123 Å². The van der Waals surface area contributed by atoms with Crippen molar-refractivity contribution in [2.24, 2.45) is 22.7 Å². The Morgan fingerprint density at radius 1 is 1.05 bits per heavy atom. The zero-order chi connectivity index (χ0) is 27.8. The minimum absolute atomic E-state index is 0.0869. The first-order valence-electron chi connectivity index (χ1n) is 14.1. The van der Waals surface area contributed by atoms with Crippen molar-refractivity contribution in [3.63, 3.8) is 0 Å². The smallest absolute Gasteiger partial charge is 0.306 e. The fourth-order valence-electron chi connectivity index (χ4n) is 7.19. The molecule has 3 aliphatic rings. The van der Waals surface area contributed by atoms with Crippen molar-refractivity contribution in [2.75, 3.05) is 6.61 Å². The number of hydrogen-bond donors (Lipinski definition) is 4. The van der Waals surface area contributed by atoms with E-state index in [2.05, 4.69) is 6.92 Å². The third-order valence-corrected chi connectivity index (χ3v) is 9.92. The van der Waals surface area contributed by atoms with E-state index in [4.69, 9.17) is 4.74 Å². The number of fused-ring (bicyclic) bond motifs is 1. The van der Waals surface area contributed by atoms with E-state index in [1.165, 1.54) is 31.8 Å². The fourth-order valence-corrected chi connectivity index (χ4v) is 7.19. The van der Waals surface area contributed by atoms with Crippen LogP contribution in [0.1, 0.15) is 99.3 Å². The van der Waals surface area contributed by atoms with Crippen LogP contribution in [0.3, 0.4) is 0 Å². The Kier molecular flexibility index (Phi) is 8.85. The fraction of sp³-hybridized carbons (Fsp3) is 0.800. The maximum absolute atomic E-state index is 14.4. The summed E-state index contributed by atoms with van der Waals surface area (Å²) in [6.07, 6.45) is 8.23. The number of ether oxygens (including phenoxy) is 1. The topological polar surface area (TPSA) is 124 Å². The average Bonchev–Trinajstić information content (AvgIpc) is 2.98. The van der Waals surface area contributed by atoms with Gasteiger partial charge in [-0.3, -0.25) is 9.59 Å². The Morgan fingerprint density at radius 2 is 1.65 bits per heavy atom. The highest BCUT2D eigenvalue weighted by molar-refractivity contribution is 5.95. The molecule has 1 fully saturated rings. The summed E-state index contributed by atoms with van der Waals surface area (Å²) in [7, 11) is 0. The summed E-state index contributed by atoms with van der Waals surface area (Å²) >= 11 is 0. The molecule has 7 nitrogen and oxygen atoms in total.